The lowest BCUT2D eigenvalue weighted by molar-refractivity contribution is 0.0364. The Morgan fingerprint density at radius 3 is 2.25 bits per heavy atom. The van der Waals surface area contributed by atoms with Crippen molar-refractivity contribution in [1.29, 1.82) is 0 Å². The first-order valence-electron chi connectivity index (χ1n) is 10.4. The van der Waals surface area contributed by atoms with Gasteiger partial charge < -0.3 is 10.5 Å². The fraction of sp³-hybridized carbons (Fsp3) is 0.500. The van der Waals surface area contributed by atoms with E-state index in [2.05, 4.69) is 67.8 Å². The molecule has 0 radical (unpaired) electrons. The van der Waals surface area contributed by atoms with Gasteiger partial charge in [0.2, 0.25) is 0 Å². The van der Waals surface area contributed by atoms with Crippen molar-refractivity contribution >= 4 is 5.69 Å². The Morgan fingerprint density at radius 1 is 0.929 bits per heavy atom. The molecule has 2 aromatic carbocycles. The number of ether oxygens (including phenoxy) is 1. The van der Waals surface area contributed by atoms with E-state index in [0.717, 1.165) is 62.7 Å². The molecular formula is C24H33N3O. The zero-order chi connectivity index (χ0) is 19.9. The molecule has 0 aromatic heterocycles. The second kappa shape index (κ2) is 7.41. The molecule has 1 saturated heterocycles. The molecule has 0 saturated carbocycles. The molecule has 0 bridgehead atoms. The molecule has 1 atom stereocenters. The summed E-state index contributed by atoms with van der Waals surface area (Å²) >= 11 is 0. The lowest BCUT2D eigenvalue weighted by Gasteiger charge is -2.38. The van der Waals surface area contributed by atoms with E-state index in [0.29, 0.717) is 0 Å². The van der Waals surface area contributed by atoms with Gasteiger partial charge in [-0.2, -0.15) is 0 Å². The third-order valence-corrected chi connectivity index (χ3v) is 6.61. The van der Waals surface area contributed by atoms with E-state index in [4.69, 9.17) is 10.5 Å². The van der Waals surface area contributed by atoms with Crippen LogP contribution in [0.3, 0.4) is 0 Å². The van der Waals surface area contributed by atoms with Crippen LogP contribution in [0.5, 0.6) is 5.75 Å². The van der Waals surface area contributed by atoms with Crippen LogP contribution in [-0.4, -0.2) is 48.1 Å². The molecule has 2 aliphatic heterocycles. The maximum Gasteiger partial charge on any atom is 0.127 e. The molecule has 0 aliphatic carbocycles. The molecule has 1 fully saturated rings. The molecule has 4 rings (SSSR count). The van der Waals surface area contributed by atoms with E-state index in [1.165, 1.54) is 22.3 Å². The molecule has 2 heterocycles. The molecule has 2 aromatic rings. The van der Waals surface area contributed by atoms with E-state index in [9.17, 15) is 0 Å². The number of rotatable bonds is 4. The van der Waals surface area contributed by atoms with Gasteiger partial charge in [-0.3, -0.25) is 9.80 Å². The normalized spacial score (nSPS) is 22.9. The maximum atomic E-state index is 6.56. The zero-order valence-corrected chi connectivity index (χ0v) is 17.7. The van der Waals surface area contributed by atoms with Crippen molar-refractivity contribution < 1.29 is 4.74 Å². The summed E-state index contributed by atoms with van der Waals surface area (Å²) in [7, 11) is 0. The summed E-state index contributed by atoms with van der Waals surface area (Å²) in [5, 5.41) is 0. The Bertz CT molecular complexity index is 817. The topological polar surface area (TPSA) is 41.7 Å². The second-order valence-electron chi connectivity index (χ2n) is 8.86. The van der Waals surface area contributed by atoms with Crippen LogP contribution in [0.1, 0.15) is 34.7 Å². The molecule has 0 spiro atoms. The van der Waals surface area contributed by atoms with Crippen LogP contribution < -0.4 is 10.5 Å². The number of piperazine rings is 1. The number of nitrogens with two attached hydrogens (primary N) is 1. The molecule has 2 aliphatic rings. The zero-order valence-electron chi connectivity index (χ0n) is 17.7. The Morgan fingerprint density at radius 2 is 1.57 bits per heavy atom. The first-order chi connectivity index (χ1) is 13.4. The Balaban J connectivity index is 1.38. The summed E-state index contributed by atoms with van der Waals surface area (Å²) in [6.07, 6.45) is 0.948. The van der Waals surface area contributed by atoms with Crippen molar-refractivity contribution in [2.75, 3.05) is 38.5 Å². The van der Waals surface area contributed by atoms with E-state index in [1.807, 2.05) is 0 Å². The highest BCUT2D eigenvalue weighted by Gasteiger charge is 2.39. The largest absolute Gasteiger partial charge is 0.485 e. The molecule has 4 nitrogen and oxygen atoms in total. The van der Waals surface area contributed by atoms with Crippen molar-refractivity contribution in [3.8, 4) is 5.75 Å². The van der Waals surface area contributed by atoms with Gasteiger partial charge in [-0.15, -0.1) is 0 Å². The number of nitrogens with zero attached hydrogens (tertiary/aromatic N) is 2. The van der Waals surface area contributed by atoms with Gasteiger partial charge in [0.25, 0.3) is 0 Å². The van der Waals surface area contributed by atoms with E-state index in [-0.39, 0.29) is 5.60 Å². The highest BCUT2D eigenvalue weighted by molar-refractivity contribution is 5.66. The molecule has 28 heavy (non-hydrogen) atoms. The lowest BCUT2D eigenvalue weighted by Crippen LogP contribution is -2.52. The third-order valence-electron chi connectivity index (χ3n) is 6.61. The predicted octanol–water partition coefficient (Wildman–Crippen LogP) is 3.71. The fourth-order valence-electron chi connectivity index (χ4n) is 4.73. The van der Waals surface area contributed by atoms with Crippen molar-refractivity contribution in [2.45, 2.75) is 46.3 Å². The summed E-state index contributed by atoms with van der Waals surface area (Å²) in [5.41, 5.74) is 13.4. The molecule has 2 N–H and O–H groups in total. The average molecular weight is 380 g/mol. The Hall–Kier alpha value is -2.04. The lowest BCUT2D eigenvalue weighted by atomic mass is 9.91. The van der Waals surface area contributed by atoms with Gasteiger partial charge in [0, 0.05) is 56.9 Å². The highest BCUT2D eigenvalue weighted by atomic mass is 16.5. The minimum atomic E-state index is -0.167. The van der Waals surface area contributed by atoms with Crippen LogP contribution in [0.25, 0.3) is 0 Å². The average Bonchev–Trinajstić information content (AvgIpc) is 3.05. The third kappa shape index (κ3) is 3.63. The number of nitrogen functional groups attached to an aromatic ring is 1. The molecule has 1 unspecified atom stereocenters. The highest BCUT2D eigenvalue weighted by Crippen LogP contribution is 2.43. The fourth-order valence-corrected chi connectivity index (χ4v) is 4.73. The Labute approximate surface area is 169 Å². The number of hydrogen-bond donors (Lipinski definition) is 1. The Kier molecular flexibility index (Phi) is 5.11. The van der Waals surface area contributed by atoms with Gasteiger partial charge in [0.05, 0.1) is 0 Å². The van der Waals surface area contributed by atoms with Crippen LogP contribution in [0, 0.1) is 20.8 Å². The summed E-state index contributed by atoms with van der Waals surface area (Å²) < 4.78 is 6.56. The quantitative estimate of drug-likeness (QED) is 0.823. The van der Waals surface area contributed by atoms with Crippen molar-refractivity contribution in [3.63, 3.8) is 0 Å². The number of benzene rings is 2. The maximum absolute atomic E-state index is 6.56. The van der Waals surface area contributed by atoms with Crippen LogP contribution >= 0.6 is 0 Å². The van der Waals surface area contributed by atoms with Crippen molar-refractivity contribution in [3.05, 3.63) is 58.1 Å². The number of fused-ring (bicyclic) bond motifs is 1. The van der Waals surface area contributed by atoms with Gasteiger partial charge >= 0.3 is 0 Å². The number of anilines is 1. The summed E-state index contributed by atoms with van der Waals surface area (Å²) in [6, 6.07) is 10.8. The van der Waals surface area contributed by atoms with E-state index >= 15 is 0 Å². The summed E-state index contributed by atoms with van der Waals surface area (Å²) in [5.74, 6) is 1.08. The molecule has 0 amide bonds. The second-order valence-corrected chi connectivity index (χ2v) is 8.86. The number of hydrogen-bond acceptors (Lipinski definition) is 4. The summed E-state index contributed by atoms with van der Waals surface area (Å²) in [6.45, 7) is 15.1. The smallest absolute Gasteiger partial charge is 0.127 e. The van der Waals surface area contributed by atoms with Crippen LogP contribution in [0.15, 0.2) is 30.3 Å². The van der Waals surface area contributed by atoms with E-state index in [1.54, 1.807) is 0 Å². The van der Waals surface area contributed by atoms with Gasteiger partial charge in [-0.05, 0) is 49.9 Å². The van der Waals surface area contributed by atoms with Gasteiger partial charge in [0.1, 0.15) is 11.4 Å². The van der Waals surface area contributed by atoms with Gasteiger partial charge in [-0.1, -0.05) is 30.3 Å². The van der Waals surface area contributed by atoms with Gasteiger partial charge in [0.15, 0.2) is 0 Å². The molecule has 150 valence electrons. The SMILES string of the molecule is Cc1c(C)c2c(c(C)c1N)CC(C)(CN1CCN(Cc3ccccc3)CC1)O2. The predicted molar refractivity (Wildman–Crippen MR) is 116 cm³/mol. The minimum absolute atomic E-state index is 0.167. The van der Waals surface area contributed by atoms with Gasteiger partial charge in [-0.25, -0.2) is 0 Å². The monoisotopic (exact) mass is 379 g/mol. The van der Waals surface area contributed by atoms with E-state index < -0.39 is 0 Å². The standard InChI is InChI=1S/C24H33N3O/c1-17-18(2)23-21(19(3)22(17)25)14-24(4,28-23)16-27-12-10-26(11-13-27)15-20-8-6-5-7-9-20/h5-9H,10-16,25H2,1-4H3. The molecular weight excluding hydrogens is 346 g/mol. The molecule has 4 heteroatoms. The van der Waals surface area contributed by atoms with Crippen LogP contribution in [0.4, 0.5) is 5.69 Å². The van der Waals surface area contributed by atoms with Crippen LogP contribution in [0.2, 0.25) is 0 Å². The minimum Gasteiger partial charge on any atom is -0.485 e. The summed E-state index contributed by atoms with van der Waals surface area (Å²) in [4.78, 5) is 5.12. The van der Waals surface area contributed by atoms with Crippen molar-refractivity contribution in [1.82, 2.24) is 9.80 Å². The van der Waals surface area contributed by atoms with Crippen molar-refractivity contribution in [2.24, 2.45) is 0 Å². The van der Waals surface area contributed by atoms with Crippen LogP contribution in [-0.2, 0) is 13.0 Å². The first kappa shape index (κ1) is 19.3. The first-order valence-corrected chi connectivity index (χ1v) is 10.4.